The van der Waals surface area contributed by atoms with Crippen molar-refractivity contribution in [3.63, 3.8) is 0 Å². The third kappa shape index (κ3) is 3.47. The van der Waals surface area contributed by atoms with E-state index in [1.807, 2.05) is 6.07 Å². The Morgan fingerprint density at radius 3 is 2.07 bits per heavy atom. The van der Waals surface area contributed by atoms with Crippen molar-refractivity contribution in [2.75, 3.05) is 4.90 Å². The van der Waals surface area contributed by atoms with Crippen LogP contribution < -0.4 is 4.90 Å². The third-order valence-corrected chi connectivity index (χ3v) is 9.42. The Hall–Kier alpha value is -5.34. The summed E-state index contributed by atoms with van der Waals surface area (Å²) in [6.07, 6.45) is 0. The van der Waals surface area contributed by atoms with Gasteiger partial charge in [-0.1, -0.05) is 105 Å². The second-order valence-electron chi connectivity index (χ2n) is 12.2. The fourth-order valence-electron chi connectivity index (χ4n) is 7.31. The van der Waals surface area contributed by atoms with Crippen molar-refractivity contribution < 1.29 is 4.42 Å². The lowest BCUT2D eigenvalue weighted by Gasteiger charge is -2.28. The molecule has 0 unspecified atom stereocenters. The van der Waals surface area contributed by atoms with E-state index in [4.69, 9.17) is 4.42 Å². The first-order valence-corrected chi connectivity index (χ1v) is 14.9. The molecule has 0 saturated carbocycles. The van der Waals surface area contributed by atoms with Crippen LogP contribution in [-0.4, -0.2) is 0 Å². The van der Waals surface area contributed by atoms with Crippen molar-refractivity contribution in [1.82, 2.24) is 0 Å². The van der Waals surface area contributed by atoms with Crippen molar-refractivity contribution in [2.24, 2.45) is 0 Å². The zero-order chi connectivity index (χ0) is 28.7. The Kier molecular flexibility index (Phi) is 4.99. The first kappa shape index (κ1) is 24.3. The lowest BCUT2D eigenvalue weighted by molar-refractivity contribution is 0.660. The van der Waals surface area contributed by atoms with Crippen molar-refractivity contribution in [2.45, 2.75) is 19.3 Å². The van der Waals surface area contributed by atoms with Crippen LogP contribution in [0.2, 0.25) is 0 Å². The average Bonchev–Trinajstić information content (AvgIpc) is 3.54. The molecular weight excluding hydrogens is 522 g/mol. The van der Waals surface area contributed by atoms with Gasteiger partial charge in [-0.15, -0.1) is 0 Å². The zero-order valence-electron chi connectivity index (χ0n) is 24.1. The quantitative estimate of drug-likeness (QED) is 0.203. The number of para-hydroxylation sites is 2. The first-order chi connectivity index (χ1) is 21.1. The normalized spacial score (nSPS) is 13.5. The standard InChI is InChI=1S/C41H29NO/c1-41(2)36-14-8-6-12-32(36)33-23-20-30(25-37(33)41)42(28-10-4-3-5-11-28)29-19-22-31-27(24-29)17-16-26-18-21-35-34-13-7-9-15-38(34)43-40(35)39(26)31/h3-25H,1-2H3. The van der Waals surface area contributed by atoms with Crippen molar-refractivity contribution in [3.05, 3.63) is 151 Å². The third-order valence-electron chi connectivity index (χ3n) is 9.42. The Balaban J connectivity index is 1.25. The van der Waals surface area contributed by atoms with Gasteiger partial charge in [-0.25, -0.2) is 0 Å². The summed E-state index contributed by atoms with van der Waals surface area (Å²) in [7, 11) is 0. The van der Waals surface area contributed by atoms with Crippen LogP contribution in [-0.2, 0) is 5.41 Å². The van der Waals surface area contributed by atoms with Crippen LogP contribution in [0.4, 0.5) is 17.1 Å². The number of hydrogen-bond donors (Lipinski definition) is 0. The van der Waals surface area contributed by atoms with Gasteiger partial charge in [-0.2, -0.15) is 0 Å². The molecule has 2 nitrogen and oxygen atoms in total. The summed E-state index contributed by atoms with van der Waals surface area (Å²) in [6, 6.07) is 50.5. The lowest BCUT2D eigenvalue weighted by Crippen LogP contribution is -2.16. The van der Waals surface area contributed by atoms with E-state index < -0.39 is 0 Å². The Bertz CT molecular complexity index is 2380. The summed E-state index contributed by atoms with van der Waals surface area (Å²) in [4.78, 5) is 2.38. The smallest absolute Gasteiger partial charge is 0.143 e. The second-order valence-corrected chi connectivity index (χ2v) is 12.2. The Morgan fingerprint density at radius 1 is 0.488 bits per heavy atom. The maximum Gasteiger partial charge on any atom is 0.143 e. The SMILES string of the molecule is CC1(C)c2ccccc2-c2ccc(N(c3ccccc3)c3ccc4c(ccc5ccc6c7ccccc7oc6c54)c3)cc21. The maximum atomic E-state index is 6.47. The maximum absolute atomic E-state index is 6.47. The van der Waals surface area contributed by atoms with E-state index in [0.717, 1.165) is 39.0 Å². The van der Waals surface area contributed by atoms with Crippen molar-refractivity contribution in [1.29, 1.82) is 0 Å². The highest BCUT2D eigenvalue weighted by atomic mass is 16.3. The lowest BCUT2D eigenvalue weighted by atomic mass is 9.82. The van der Waals surface area contributed by atoms with Gasteiger partial charge in [0, 0.05) is 38.6 Å². The number of furan rings is 1. The topological polar surface area (TPSA) is 16.4 Å². The number of hydrogen-bond acceptors (Lipinski definition) is 2. The summed E-state index contributed by atoms with van der Waals surface area (Å²) in [6.45, 7) is 4.68. The molecule has 0 N–H and O–H groups in total. The Labute approximate surface area is 250 Å². The van der Waals surface area contributed by atoms with E-state index >= 15 is 0 Å². The fourth-order valence-corrected chi connectivity index (χ4v) is 7.31. The molecule has 8 aromatic rings. The summed E-state index contributed by atoms with van der Waals surface area (Å²) >= 11 is 0. The molecule has 2 heteroatoms. The van der Waals surface area contributed by atoms with Gasteiger partial charge in [0.25, 0.3) is 0 Å². The van der Waals surface area contributed by atoms with E-state index in [0.29, 0.717) is 0 Å². The molecule has 0 saturated heterocycles. The summed E-state index contributed by atoms with van der Waals surface area (Å²) in [5.74, 6) is 0. The van der Waals surface area contributed by atoms with Gasteiger partial charge in [-0.3, -0.25) is 0 Å². The highest BCUT2D eigenvalue weighted by Crippen LogP contribution is 2.50. The molecule has 0 fully saturated rings. The van der Waals surface area contributed by atoms with Crippen molar-refractivity contribution >= 4 is 60.5 Å². The van der Waals surface area contributed by atoms with Crippen LogP contribution >= 0.6 is 0 Å². The molecule has 0 radical (unpaired) electrons. The molecule has 0 atom stereocenters. The molecule has 1 aliphatic rings. The van der Waals surface area contributed by atoms with Crippen LogP contribution in [0.5, 0.6) is 0 Å². The van der Waals surface area contributed by atoms with E-state index in [2.05, 4.69) is 152 Å². The molecule has 1 aliphatic carbocycles. The van der Waals surface area contributed by atoms with Crippen LogP contribution in [0, 0.1) is 0 Å². The molecule has 204 valence electrons. The molecule has 0 bridgehead atoms. The minimum atomic E-state index is -0.0649. The first-order valence-electron chi connectivity index (χ1n) is 14.9. The van der Waals surface area contributed by atoms with Crippen LogP contribution in [0.1, 0.15) is 25.0 Å². The number of rotatable bonds is 3. The fraction of sp³-hybridized carbons (Fsp3) is 0.0732. The largest absolute Gasteiger partial charge is 0.455 e. The zero-order valence-corrected chi connectivity index (χ0v) is 24.1. The van der Waals surface area contributed by atoms with Crippen LogP contribution in [0.3, 0.4) is 0 Å². The van der Waals surface area contributed by atoms with Crippen molar-refractivity contribution in [3.8, 4) is 11.1 Å². The minimum Gasteiger partial charge on any atom is -0.455 e. The predicted octanol–water partition coefficient (Wildman–Crippen LogP) is 11.7. The number of nitrogens with zero attached hydrogens (tertiary/aromatic N) is 1. The van der Waals surface area contributed by atoms with Gasteiger partial charge < -0.3 is 9.32 Å². The molecule has 0 amide bonds. The molecule has 9 rings (SSSR count). The van der Waals surface area contributed by atoms with Crippen LogP contribution in [0.25, 0.3) is 54.6 Å². The molecule has 1 heterocycles. The molecule has 0 aliphatic heterocycles. The summed E-state index contributed by atoms with van der Waals surface area (Å²) < 4.78 is 6.47. The van der Waals surface area contributed by atoms with E-state index in [1.54, 1.807) is 0 Å². The molecule has 7 aromatic carbocycles. The van der Waals surface area contributed by atoms with E-state index in [-0.39, 0.29) is 5.41 Å². The minimum absolute atomic E-state index is 0.0649. The van der Waals surface area contributed by atoms with E-state index in [9.17, 15) is 0 Å². The van der Waals surface area contributed by atoms with Gasteiger partial charge >= 0.3 is 0 Å². The van der Waals surface area contributed by atoms with Gasteiger partial charge in [0.2, 0.25) is 0 Å². The molecule has 0 spiro atoms. The average molecular weight is 552 g/mol. The second kappa shape index (κ2) is 8.83. The van der Waals surface area contributed by atoms with Gasteiger partial charge in [0.05, 0.1) is 0 Å². The van der Waals surface area contributed by atoms with Gasteiger partial charge in [0.15, 0.2) is 0 Å². The number of benzene rings is 7. The Morgan fingerprint density at radius 2 is 1.16 bits per heavy atom. The summed E-state index contributed by atoms with van der Waals surface area (Å²) in [5.41, 5.74) is 10.7. The molecular formula is C41H29NO. The predicted molar refractivity (Wildman–Crippen MR) is 181 cm³/mol. The summed E-state index contributed by atoms with van der Waals surface area (Å²) in [5, 5.41) is 7.06. The van der Waals surface area contributed by atoms with Gasteiger partial charge in [-0.05, 0) is 86.9 Å². The number of fused-ring (bicyclic) bond motifs is 10. The number of anilines is 3. The molecule has 1 aromatic heterocycles. The highest BCUT2D eigenvalue weighted by Gasteiger charge is 2.35. The monoisotopic (exact) mass is 551 g/mol. The van der Waals surface area contributed by atoms with Crippen LogP contribution in [0.15, 0.2) is 144 Å². The molecule has 43 heavy (non-hydrogen) atoms. The highest BCUT2D eigenvalue weighted by molar-refractivity contribution is 6.23. The van der Waals surface area contributed by atoms with E-state index in [1.165, 1.54) is 43.8 Å². The van der Waals surface area contributed by atoms with Gasteiger partial charge in [0.1, 0.15) is 11.2 Å².